The third kappa shape index (κ3) is 4.79. The van der Waals surface area contributed by atoms with Gasteiger partial charge in [0.2, 0.25) is 0 Å². The zero-order valence-corrected chi connectivity index (χ0v) is 14.4. The van der Waals surface area contributed by atoms with Gasteiger partial charge in [0.25, 0.3) is 0 Å². The molecule has 0 saturated carbocycles. The molecule has 0 aliphatic rings. The van der Waals surface area contributed by atoms with E-state index < -0.39 is 5.54 Å². The molecule has 23 heavy (non-hydrogen) atoms. The number of nitrogens with zero attached hydrogens (tertiary/aromatic N) is 1. The second-order valence-corrected chi connectivity index (χ2v) is 6.80. The molecular weight excluding hydrogens is 306 g/mol. The average Bonchev–Trinajstić information content (AvgIpc) is 3.00. The Morgan fingerprint density at radius 3 is 2.74 bits per heavy atom. The van der Waals surface area contributed by atoms with Gasteiger partial charge >= 0.3 is 6.03 Å². The van der Waals surface area contributed by atoms with Crippen LogP contribution in [0.4, 0.5) is 4.79 Å². The minimum Gasteiger partial charge on any atom is -0.328 e. The van der Waals surface area contributed by atoms with E-state index in [2.05, 4.69) is 22.4 Å². The van der Waals surface area contributed by atoms with Crippen molar-refractivity contribution in [1.29, 1.82) is 0 Å². The molecule has 1 aromatic carbocycles. The van der Waals surface area contributed by atoms with Crippen molar-refractivity contribution in [1.82, 2.24) is 10.7 Å². The summed E-state index contributed by atoms with van der Waals surface area (Å²) >= 11 is 1.56. The van der Waals surface area contributed by atoms with Crippen LogP contribution in [0.2, 0.25) is 0 Å². The Kier molecular flexibility index (Phi) is 5.34. The number of allylic oxidation sites excluding steroid dienone is 1. The first-order valence-corrected chi connectivity index (χ1v) is 8.17. The maximum absolute atomic E-state index is 12.0. The maximum atomic E-state index is 12.0. The Morgan fingerprint density at radius 1 is 1.30 bits per heavy atom. The summed E-state index contributed by atoms with van der Waals surface area (Å²) in [4.78, 5) is 13.0. The molecule has 120 valence electrons. The van der Waals surface area contributed by atoms with Crippen LogP contribution in [-0.2, 0) is 5.54 Å². The summed E-state index contributed by atoms with van der Waals surface area (Å²) in [6.45, 7) is 9.82. The largest absolute Gasteiger partial charge is 0.335 e. The third-order valence-corrected chi connectivity index (χ3v) is 4.21. The molecule has 2 rings (SSSR count). The molecule has 0 fully saturated rings. The monoisotopic (exact) mass is 327 g/mol. The van der Waals surface area contributed by atoms with Crippen molar-refractivity contribution in [3.63, 3.8) is 0 Å². The smallest absolute Gasteiger partial charge is 0.328 e. The van der Waals surface area contributed by atoms with Gasteiger partial charge in [-0.05, 0) is 49.4 Å². The average molecular weight is 327 g/mol. The van der Waals surface area contributed by atoms with Crippen LogP contribution in [0.15, 0.2) is 53.5 Å². The molecule has 0 bridgehead atoms. The molecule has 5 heteroatoms. The van der Waals surface area contributed by atoms with E-state index in [0.29, 0.717) is 0 Å². The van der Waals surface area contributed by atoms with Crippen molar-refractivity contribution < 1.29 is 4.79 Å². The fraction of sp³-hybridized carbons (Fsp3) is 0.222. The molecule has 0 spiro atoms. The Bertz CT molecular complexity index is 718. The lowest BCUT2D eigenvalue weighted by atomic mass is 9.92. The van der Waals surface area contributed by atoms with Gasteiger partial charge in [0, 0.05) is 4.88 Å². The van der Waals surface area contributed by atoms with E-state index in [9.17, 15) is 4.79 Å². The number of rotatable bonds is 5. The summed E-state index contributed by atoms with van der Waals surface area (Å²) in [5.41, 5.74) is 5.04. The van der Waals surface area contributed by atoms with E-state index >= 15 is 0 Å². The van der Waals surface area contributed by atoms with Crippen LogP contribution >= 0.6 is 11.3 Å². The molecule has 2 aromatic rings. The van der Waals surface area contributed by atoms with Crippen LogP contribution in [0, 0.1) is 0 Å². The van der Waals surface area contributed by atoms with Gasteiger partial charge in [0.05, 0.1) is 11.8 Å². The highest BCUT2D eigenvalue weighted by atomic mass is 32.1. The first kappa shape index (κ1) is 17.0. The van der Waals surface area contributed by atoms with Crippen LogP contribution in [-0.4, -0.2) is 12.2 Å². The van der Waals surface area contributed by atoms with Crippen LogP contribution in [0.25, 0.3) is 5.57 Å². The number of hydrogen-bond donors (Lipinski definition) is 2. The number of benzene rings is 1. The van der Waals surface area contributed by atoms with Crippen LogP contribution in [0.5, 0.6) is 0 Å². The van der Waals surface area contributed by atoms with E-state index in [4.69, 9.17) is 0 Å². The van der Waals surface area contributed by atoms with E-state index in [-0.39, 0.29) is 6.03 Å². The molecule has 0 aliphatic heterocycles. The summed E-state index contributed by atoms with van der Waals surface area (Å²) < 4.78 is 0. The number of amides is 2. The van der Waals surface area contributed by atoms with Gasteiger partial charge in [0.1, 0.15) is 0 Å². The van der Waals surface area contributed by atoms with E-state index in [1.807, 2.05) is 62.5 Å². The highest BCUT2D eigenvalue weighted by Gasteiger charge is 2.23. The van der Waals surface area contributed by atoms with E-state index in [1.165, 1.54) is 0 Å². The Morgan fingerprint density at radius 2 is 2.09 bits per heavy atom. The van der Waals surface area contributed by atoms with Crippen molar-refractivity contribution in [2.45, 2.75) is 26.3 Å². The molecule has 0 atom stereocenters. The molecule has 0 saturated heterocycles. The molecule has 2 N–H and O–H groups in total. The fourth-order valence-electron chi connectivity index (χ4n) is 2.08. The lowest BCUT2D eigenvalue weighted by Crippen LogP contribution is -2.45. The molecule has 1 aromatic heterocycles. The van der Waals surface area contributed by atoms with E-state index in [1.54, 1.807) is 17.6 Å². The van der Waals surface area contributed by atoms with E-state index in [0.717, 1.165) is 21.6 Å². The van der Waals surface area contributed by atoms with Crippen molar-refractivity contribution in [3.05, 3.63) is 64.4 Å². The van der Waals surface area contributed by atoms with Crippen molar-refractivity contribution in [3.8, 4) is 0 Å². The van der Waals surface area contributed by atoms with Gasteiger partial charge in [-0.25, -0.2) is 10.2 Å². The van der Waals surface area contributed by atoms with Crippen molar-refractivity contribution >= 4 is 29.2 Å². The minimum atomic E-state index is -0.520. The molecular formula is C18H21N3OS. The summed E-state index contributed by atoms with van der Waals surface area (Å²) in [6.07, 6.45) is 1.62. The quantitative estimate of drug-likeness (QED) is 0.622. The van der Waals surface area contributed by atoms with Crippen molar-refractivity contribution in [2.24, 2.45) is 5.10 Å². The fourth-order valence-corrected chi connectivity index (χ4v) is 2.66. The topological polar surface area (TPSA) is 53.5 Å². The van der Waals surface area contributed by atoms with Gasteiger partial charge in [0.15, 0.2) is 0 Å². The molecule has 1 heterocycles. The lowest BCUT2D eigenvalue weighted by molar-refractivity contribution is 0.230. The number of nitrogens with one attached hydrogen (secondary N) is 2. The summed E-state index contributed by atoms with van der Waals surface area (Å²) in [5.74, 6) is 0. The second-order valence-electron chi connectivity index (χ2n) is 5.83. The molecule has 4 nitrogen and oxygen atoms in total. The second kappa shape index (κ2) is 7.24. The maximum Gasteiger partial charge on any atom is 0.335 e. The molecule has 0 radical (unpaired) electrons. The first-order chi connectivity index (χ1) is 10.9. The zero-order valence-electron chi connectivity index (χ0n) is 13.6. The zero-order chi connectivity index (χ0) is 16.9. The predicted octanol–water partition coefficient (Wildman–Crippen LogP) is 4.35. The van der Waals surface area contributed by atoms with Gasteiger partial charge < -0.3 is 5.32 Å². The number of hydrogen-bond acceptors (Lipinski definition) is 3. The number of urea groups is 1. The normalized spacial score (nSPS) is 11.4. The predicted molar refractivity (Wildman–Crippen MR) is 97.8 cm³/mol. The SMILES string of the molecule is C=C(C)c1cccc(C(C)(C)NC(=O)N/N=C/c2cccs2)c1. The van der Waals surface area contributed by atoms with Crippen LogP contribution in [0.1, 0.15) is 36.8 Å². The summed E-state index contributed by atoms with van der Waals surface area (Å²) in [6, 6.07) is 11.5. The van der Waals surface area contributed by atoms with Crippen molar-refractivity contribution in [2.75, 3.05) is 0 Å². The molecule has 0 aliphatic carbocycles. The first-order valence-electron chi connectivity index (χ1n) is 7.29. The minimum absolute atomic E-state index is 0.344. The standard InChI is InChI=1S/C18H21N3OS/c1-13(2)14-7-5-8-15(11-14)18(3,4)20-17(22)21-19-12-16-9-6-10-23-16/h5-12H,1H2,2-4H3,(H2,20,21,22)/b19-12+. The Balaban J connectivity index is 2.01. The summed E-state index contributed by atoms with van der Waals surface area (Å²) in [7, 11) is 0. The van der Waals surface area contributed by atoms with Gasteiger partial charge in [-0.2, -0.15) is 5.10 Å². The third-order valence-electron chi connectivity index (χ3n) is 3.40. The van der Waals surface area contributed by atoms with Gasteiger partial charge in [-0.3, -0.25) is 0 Å². The number of thiophene rings is 1. The van der Waals surface area contributed by atoms with Gasteiger partial charge in [-0.15, -0.1) is 11.3 Å². The highest BCUT2D eigenvalue weighted by Crippen LogP contribution is 2.23. The van der Waals surface area contributed by atoms with Gasteiger partial charge in [-0.1, -0.05) is 36.4 Å². The number of hydrazone groups is 1. The van der Waals surface area contributed by atoms with Crippen LogP contribution < -0.4 is 10.7 Å². The molecule has 0 unspecified atom stereocenters. The lowest BCUT2D eigenvalue weighted by Gasteiger charge is -2.27. The highest BCUT2D eigenvalue weighted by molar-refractivity contribution is 7.11. The van der Waals surface area contributed by atoms with Crippen LogP contribution in [0.3, 0.4) is 0 Å². The Labute approximate surface area is 140 Å². The summed E-state index contributed by atoms with van der Waals surface area (Å²) in [5, 5.41) is 8.83. The number of carbonyl (C=O) groups excluding carboxylic acids is 1. The Hall–Kier alpha value is -2.40. The number of carbonyl (C=O) groups is 1. The molecule has 2 amide bonds.